The van der Waals surface area contributed by atoms with Crippen molar-refractivity contribution in [2.24, 2.45) is 0 Å². The number of nitrogens with one attached hydrogen (secondary N) is 1. The molecule has 0 saturated carbocycles. The van der Waals surface area contributed by atoms with Gasteiger partial charge in [0.1, 0.15) is 0 Å². The van der Waals surface area contributed by atoms with Crippen LogP contribution >= 0.6 is 0 Å². The Morgan fingerprint density at radius 2 is 2.00 bits per heavy atom. The molecular weight excluding hydrogens is 305 g/mol. The number of rotatable bonds is 4. The van der Waals surface area contributed by atoms with E-state index in [4.69, 9.17) is 0 Å². The summed E-state index contributed by atoms with van der Waals surface area (Å²) >= 11 is 0. The van der Waals surface area contributed by atoms with Crippen molar-refractivity contribution in [2.75, 3.05) is 20.1 Å². The molecule has 0 spiro atoms. The van der Waals surface area contributed by atoms with Gasteiger partial charge in [-0.2, -0.15) is 17.5 Å². The first-order valence-corrected chi connectivity index (χ1v) is 8.05. The molecule has 1 aromatic carbocycles. The zero-order chi connectivity index (χ0) is 15.7. The maximum absolute atomic E-state index is 13.0. The first kappa shape index (κ1) is 16.3. The molecule has 8 heteroatoms. The van der Waals surface area contributed by atoms with Crippen molar-refractivity contribution in [1.29, 1.82) is 0 Å². The van der Waals surface area contributed by atoms with Crippen molar-refractivity contribution in [1.82, 2.24) is 9.62 Å². The molecule has 118 valence electrons. The fraction of sp³-hybridized carbons (Fsp3) is 0.538. The first-order valence-electron chi connectivity index (χ1n) is 6.61. The van der Waals surface area contributed by atoms with E-state index in [9.17, 15) is 21.6 Å². The number of hydrogen-bond acceptors (Lipinski definition) is 3. The second-order valence-electron chi connectivity index (χ2n) is 4.96. The Morgan fingerprint density at radius 1 is 1.33 bits per heavy atom. The summed E-state index contributed by atoms with van der Waals surface area (Å²) in [4.78, 5) is -0.666. The van der Waals surface area contributed by atoms with Crippen molar-refractivity contribution in [3.63, 3.8) is 0 Å². The molecule has 1 unspecified atom stereocenters. The van der Waals surface area contributed by atoms with Crippen LogP contribution in [0.15, 0.2) is 29.2 Å². The van der Waals surface area contributed by atoms with E-state index in [1.54, 1.807) is 7.05 Å². The van der Waals surface area contributed by atoms with E-state index in [1.165, 1.54) is 16.4 Å². The Morgan fingerprint density at radius 3 is 2.62 bits per heavy atom. The third kappa shape index (κ3) is 3.22. The van der Waals surface area contributed by atoms with Crippen molar-refractivity contribution >= 4 is 10.0 Å². The van der Waals surface area contributed by atoms with Crippen LogP contribution in [0.25, 0.3) is 0 Å². The average Bonchev–Trinajstić information content (AvgIpc) is 2.87. The smallest absolute Gasteiger partial charge is 0.318 e. The lowest BCUT2D eigenvalue weighted by Crippen LogP contribution is -2.41. The summed E-state index contributed by atoms with van der Waals surface area (Å²) in [5.74, 6) is 0. The van der Waals surface area contributed by atoms with Crippen LogP contribution in [0.2, 0.25) is 0 Å². The van der Waals surface area contributed by atoms with Gasteiger partial charge >= 0.3 is 6.18 Å². The molecular formula is C13H17F3N2O2S. The molecule has 1 aromatic rings. The molecule has 1 fully saturated rings. The van der Waals surface area contributed by atoms with Crippen LogP contribution in [0, 0.1) is 0 Å². The fourth-order valence-electron chi connectivity index (χ4n) is 2.62. The van der Waals surface area contributed by atoms with E-state index in [2.05, 4.69) is 5.32 Å². The lowest BCUT2D eigenvalue weighted by atomic mass is 10.2. The van der Waals surface area contributed by atoms with Gasteiger partial charge in [0.05, 0.1) is 10.5 Å². The lowest BCUT2D eigenvalue weighted by Gasteiger charge is -2.25. The molecule has 0 radical (unpaired) electrons. The Hall–Kier alpha value is -1.12. The maximum Gasteiger partial charge on any atom is 0.417 e. The quantitative estimate of drug-likeness (QED) is 0.923. The van der Waals surface area contributed by atoms with Crippen LogP contribution in [0.4, 0.5) is 13.2 Å². The Kier molecular flexibility index (Phi) is 4.60. The van der Waals surface area contributed by atoms with Crippen molar-refractivity contribution < 1.29 is 21.6 Å². The number of halogens is 3. The maximum atomic E-state index is 13.0. The largest absolute Gasteiger partial charge is 0.417 e. The standard InChI is InChI=1S/C13H17F3N2O2S/c1-17-9-10-5-4-8-18(10)21(19,20)12-7-3-2-6-11(12)13(14,15)16/h2-3,6-7,10,17H,4-5,8-9H2,1H3. The van der Waals surface area contributed by atoms with Crippen LogP contribution in [0.3, 0.4) is 0 Å². The number of likely N-dealkylation sites (N-methyl/N-ethyl adjacent to an activating group) is 1. The number of benzene rings is 1. The van der Waals surface area contributed by atoms with Gasteiger partial charge < -0.3 is 5.32 Å². The van der Waals surface area contributed by atoms with Gasteiger partial charge in [0.2, 0.25) is 10.0 Å². The van der Waals surface area contributed by atoms with E-state index in [0.717, 1.165) is 12.1 Å². The molecule has 2 rings (SSSR count). The number of hydrogen-bond donors (Lipinski definition) is 1. The van der Waals surface area contributed by atoms with Gasteiger partial charge in [-0.3, -0.25) is 0 Å². The van der Waals surface area contributed by atoms with Gasteiger partial charge in [0.25, 0.3) is 0 Å². The minimum Gasteiger partial charge on any atom is -0.318 e. The summed E-state index contributed by atoms with van der Waals surface area (Å²) in [5.41, 5.74) is -1.11. The second-order valence-corrected chi connectivity index (χ2v) is 6.82. The number of sulfonamides is 1. The highest BCUT2D eigenvalue weighted by atomic mass is 32.2. The topological polar surface area (TPSA) is 49.4 Å². The summed E-state index contributed by atoms with van der Waals surface area (Å²) in [6, 6.07) is 4.02. The molecule has 1 heterocycles. The molecule has 1 saturated heterocycles. The lowest BCUT2D eigenvalue weighted by molar-refractivity contribution is -0.139. The zero-order valence-electron chi connectivity index (χ0n) is 11.5. The Labute approximate surface area is 122 Å². The van der Waals surface area contributed by atoms with Crippen molar-refractivity contribution in [3.05, 3.63) is 29.8 Å². The molecule has 1 aliphatic heterocycles. The average molecular weight is 322 g/mol. The van der Waals surface area contributed by atoms with E-state index in [0.29, 0.717) is 19.4 Å². The summed E-state index contributed by atoms with van der Waals surface area (Å²) in [6.45, 7) is 0.675. The van der Waals surface area contributed by atoms with Gasteiger partial charge in [-0.05, 0) is 32.0 Å². The molecule has 0 aromatic heterocycles. The predicted molar refractivity (Wildman–Crippen MR) is 72.3 cm³/mol. The van der Waals surface area contributed by atoms with E-state index >= 15 is 0 Å². The zero-order valence-corrected chi connectivity index (χ0v) is 12.3. The van der Waals surface area contributed by atoms with Crippen LogP contribution in [0.5, 0.6) is 0 Å². The third-order valence-electron chi connectivity index (χ3n) is 3.54. The third-order valence-corrected chi connectivity index (χ3v) is 5.55. The van der Waals surface area contributed by atoms with E-state index in [1.807, 2.05) is 0 Å². The first-order chi connectivity index (χ1) is 9.78. The van der Waals surface area contributed by atoms with Crippen molar-refractivity contribution in [2.45, 2.75) is 30.0 Å². The normalized spacial score (nSPS) is 20.9. The number of alkyl halides is 3. The van der Waals surface area contributed by atoms with Crippen LogP contribution in [0.1, 0.15) is 18.4 Å². The molecule has 0 aliphatic carbocycles. The van der Waals surface area contributed by atoms with Crippen LogP contribution in [-0.2, 0) is 16.2 Å². The Balaban J connectivity index is 2.45. The second kappa shape index (κ2) is 5.94. The van der Waals surface area contributed by atoms with Crippen LogP contribution in [-0.4, -0.2) is 38.9 Å². The molecule has 0 amide bonds. The summed E-state index contributed by atoms with van der Waals surface area (Å²) < 4.78 is 65.4. The van der Waals surface area contributed by atoms with Gasteiger partial charge in [-0.25, -0.2) is 8.42 Å². The Bertz CT molecular complexity index is 602. The van der Waals surface area contributed by atoms with Gasteiger partial charge in [-0.15, -0.1) is 0 Å². The minimum atomic E-state index is -4.69. The summed E-state index contributed by atoms with van der Waals surface area (Å²) in [6.07, 6.45) is -3.39. The molecule has 21 heavy (non-hydrogen) atoms. The molecule has 1 atom stereocenters. The van der Waals surface area contributed by atoms with Gasteiger partial charge in [0, 0.05) is 19.1 Å². The highest BCUT2D eigenvalue weighted by Crippen LogP contribution is 2.36. The summed E-state index contributed by atoms with van der Waals surface area (Å²) in [7, 11) is -2.46. The fourth-order valence-corrected chi connectivity index (χ4v) is 4.52. The highest BCUT2D eigenvalue weighted by Gasteiger charge is 2.41. The SMILES string of the molecule is CNCC1CCCN1S(=O)(=O)c1ccccc1C(F)(F)F. The summed E-state index contributed by atoms with van der Waals surface area (Å²) in [5, 5.41) is 2.88. The van der Waals surface area contributed by atoms with E-state index in [-0.39, 0.29) is 12.6 Å². The van der Waals surface area contributed by atoms with Crippen molar-refractivity contribution in [3.8, 4) is 0 Å². The van der Waals surface area contributed by atoms with Crippen LogP contribution < -0.4 is 5.32 Å². The molecule has 0 bridgehead atoms. The molecule has 1 N–H and O–H groups in total. The van der Waals surface area contributed by atoms with Gasteiger partial charge in [0.15, 0.2) is 0 Å². The monoisotopic (exact) mass is 322 g/mol. The predicted octanol–water partition coefficient (Wildman–Crippen LogP) is 2.08. The minimum absolute atomic E-state index is 0.251. The van der Waals surface area contributed by atoms with E-state index < -0.39 is 26.7 Å². The van der Waals surface area contributed by atoms with Gasteiger partial charge in [-0.1, -0.05) is 12.1 Å². The highest BCUT2D eigenvalue weighted by molar-refractivity contribution is 7.89. The molecule has 1 aliphatic rings. The number of nitrogens with zero attached hydrogens (tertiary/aromatic N) is 1. The molecule has 4 nitrogen and oxygen atoms in total.